The van der Waals surface area contributed by atoms with E-state index in [1.54, 1.807) is 6.20 Å². The molecular formula is C11H15N5. The van der Waals surface area contributed by atoms with E-state index >= 15 is 0 Å². The third-order valence-electron chi connectivity index (χ3n) is 3.49. The maximum absolute atomic E-state index is 5.66. The molecule has 2 aromatic heterocycles. The van der Waals surface area contributed by atoms with Gasteiger partial charge in [-0.05, 0) is 18.8 Å². The van der Waals surface area contributed by atoms with Gasteiger partial charge in [-0.15, -0.1) is 0 Å². The minimum Gasteiger partial charge on any atom is -0.271 e. The van der Waals surface area contributed by atoms with Gasteiger partial charge in [-0.1, -0.05) is 6.42 Å². The lowest BCUT2D eigenvalue weighted by Crippen LogP contribution is -2.36. The van der Waals surface area contributed by atoms with E-state index < -0.39 is 0 Å². The highest BCUT2D eigenvalue weighted by Gasteiger charge is 2.29. The first kappa shape index (κ1) is 9.74. The third kappa shape index (κ3) is 1.40. The molecule has 1 unspecified atom stereocenters. The predicted octanol–water partition coefficient (Wildman–Crippen LogP) is 1.03. The molecule has 5 nitrogen and oxygen atoms in total. The molecule has 0 aliphatic heterocycles. The van der Waals surface area contributed by atoms with Crippen LogP contribution in [-0.4, -0.2) is 14.6 Å². The molecule has 0 aromatic carbocycles. The smallest absolute Gasteiger partial charge is 0.0893 e. The lowest BCUT2D eigenvalue weighted by Gasteiger charge is -2.32. The van der Waals surface area contributed by atoms with Gasteiger partial charge < -0.3 is 0 Å². The summed E-state index contributed by atoms with van der Waals surface area (Å²) in [4.78, 5) is 4.14. The Hall–Kier alpha value is -1.46. The van der Waals surface area contributed by atoms with Crippen LogP contribution in [0.4, 0.5) is 0 Å². The van der Waals surface area contributed by atoms with Gasteiger partial charge in [0.2, 0.25) is 0 Å². The number of hydrogen-bond acceptors (Lipinski definition) is 4. The Labute approximate surface area is 93.6 Å². The molecule has 1 fully saturated rings. The summed E-state index contributed by atoms with van der Waals surface area (Å²) in [6.07, 6.45) is 11.1. The highest BCUT2D eigenvalue weighted by atomic mass is 15.3. The van der Waals surface area contributed by atoms with E-state index in [-0.39, 0.29) is 6.04 Å². The standard InChI is InChI=1S/C11H15N5/c12-15-11(8-2-1-3-8)9-6-14-16-5-4-13-7-10(9)16/h4-8,11,15H,1-3,12H2. The van der Waals surface area contributed by atoms with Crippen molar-refractivity contribution in [2.75, 3.05) is 0 Å². The van der Waals surface area contributed by atoms with Crippen molar-refractivity contribution in [1.29, 1.82) is 0 Å². The van der Waals surface area contributed by atoms with Gasteiger partial charge in [0.1, 0.15) is 0 Å². The lowest BCUT2D eigenvalue weighted by atomic mass is 9.78. The zero-order valence-corrected chi connectivity index (χ0v) is 9.00. The zero-order chi connectivity index (χ0) is 11.0. The van der Waals surface area contributed by atoms with Crippen LogP contribution in [0.5, 0.6) is 0 Å². The molecule has 0 amide bonds. The molecule has 3 N–H and O–H groups in total. The van der Waals surface area contributed by atoms with Crippen LogP contribution in [0.1, 0.15) is 30.9 Å². The topological polar surface area (TPSA) is 68.2 Å². The number of fused-ring (bicyclic) bond motifs is 1. The molecule has 1 aliphatic rings. The first-order valence-corrected chi connectivity index (χ1v) is 5.63. The quantitative estimate of drug-likeness (QED) is 0.595. The summed E-state index contributed by atoms with van der Waals surface area (Å²) in [7, 11) is 0. The van der Waals surface area contributed by atoms with Crippen LogP contribution < -0.4 is 11.3 Å². The van der Waals surface area contributed by atoms with Crippen LogP contribution in [0.25, 0.3) is 5.52 Å². The molecule has 0 radical (unpaired) electrons. The second kappa shape index (κ2) is 3.84. The Bertz CT molecular complexity index is 488. The number of nitrogens with zero attached hydrogens (tertiary/aromatic N) is 3. The molecule has 0 bridgehead atoms. The van der Waals surface area contributed by atoms with E-state index in [2.05, 4.69) is 15.5 Å². The highest BCUT2D eigenvalue weighted by Crippen LogP contribution is 2.38. The summed E-state index contributed by atoms with van der Waals surface area (Å²) in [6.45, 7) is 0. The minimum atomic E-state index is 0.204. The molecule has 5 heteroatoms. The average Bonchev–Trinajstić information content (AvgIpc) is 2.67. The van der Waals surface area contributed by atoms with Crippen LogP contribution >= 0.6 is 0 Å². The fourth-order valence-electron chi connectivity index (χ4n) is 2.35. The lowest BCUT2D eigenvalue weighted by molar-refractivity contribution is 0.233. The summed E-state index contributed by atoms with van der Waals surface area (Å²) in [5.74, 6) is 6.30. The minimum absolute atomic E-state index is 0.204. The Kier molecular flexibility index (Phi) is 2.34. The summed E-state index contributed by atoms with van der Waals surface area (Å²) >= 11 is 0. The van der Waals surface area contributed by atoms with E-state index in [0.29, 0.717) is 5.92 Å². The number of hydrazine groups is 1. The van der Waals surface area contributed by atoms with Crippen molar-refractivity contribution in [2.45, 2.75) is 25.3 Å². The summed E-state index contributed by atoms with van der Waals surface area (Å²) < 4.78 is 1.84. The Morgan fingerprint density at radius 2 is 2.31 bits per heavy atom. The van der Waals surface area contributed by atoms with E-state index in [0.717, 1.165) is 11.1 Å². The van der Waals surface area contributed by atoms with Crippen molar-refractivity contribution in [2.24, 2.45) is 11.8 Å². The first-order valence-electron chi connectivity index (χ1n) is 5.63. The first-order chi connectivity index (χ1) is 7.90. The van der Waals surface area contributed by atoms with Gasteiger partial charge in [0.25, 0.3) is 0 Å². The van der Waals surface area contributed by atoms with Crippen molar-refractivity contribution in [3.05, 3.63) is 30.4 Å². The summed E-state index contributed by atoms with van der Waals surface area (Å²) in [6, 6.07) is 0.204. The van der Waals surface area contributed by atoms with Gasteiger partial charge in [-0.2, -0.15) is 5.10 Å². The highest BCUT2D eigenvalue weighted by molar-refractivity contribution is 5.53. The van der Waals surface area contributed by atoms with Crippen LogP contribution in [0.15, 0.2) is 24.8 Å². The number of rotatable bonds is 3. The molecule has 84 valence electrons. The van der Waals surface area contributed by atoms with Crippen molar-refractivity contribution in [3.8, 4) is 0 Å². The number of aromatic nitrogens is 3. The Balaban J connectivity index is 2.02. The monoisotopic (exact) mass is 217 g/mol. The number of nitrogens with two attached hydrogens (primary N) is 1. The molecule has 2 heterocycles. The van der Waals surface area contributed by atoms with E-state index in [9.17, 15) is 0 Å². The third-order valence-corrected chi connectivity index (χ3v) is 3.49. The molecule has 0 spiro atoms. The van der Waals surface area contributed by atoms with E-state index in [4.69, 9.17) is 5.84 Å². The molecule has 1 aliphatic carbocycles. The second-order valence-electron chi connectivity index (χ2n) is 4.34. The fraction of sp³-hybridized carbons (Fsp3) is 0.455. The van der Waals surface area contributed by atoms with Gasteiger partial charge in [0.15, 0.2) is 0 Å². The largest absolute Gasteiger partial charge is 0.271 e. The van der Waals surface area contributed by atoms with Crippen LogP contribution in [0, 0.1) is 5.92 Å². The Morgan fingerprint density at radius 1 is 1.44 bits per heavy atom. The average molecular weight is 217 g/mol. The fourth-order valence-corrected chi connectivity index (χ4v) is 2.35. The molecule has 2 aromatic rings. The maximum atomic E-state index is 5.66. The van der Waals surface area contributed by atoms with Crippen molar-refractivity contribution < 1.29 is 0 Å². The van der Waals surface area contributed by atoms with Crippen LogP contribution in [-0.2, 0) is 0 Å². The maximum Gasteiger partial charge on any atom is 0.0893 e. The molecule has 3 rings (SSSR count). The van der Waals surface area contributed by atoms with Gasteiger partial charge in [0, 0.05) is 18.0 Å². The van der Waals surface area contributed by atoms with Gasteiger partial charge in [-0.3, -0.25) is 16.3 Å². The van der Waals surface area contributed by atoms with Gasteiger partial charge in [0.05, 0.1) is 24.0 Å². The van der Waals surface area contributed by atoms with Crippen molar-refractivity contribution in [1.82, 2.24) is 20.0 Å². The molecule has 1 atom stereocenters. The van der Waals surface area contributed by atoms with Crippen LogP contribution in [0.2, 0.25) is 0 Å². The molecular weight excluding hydrogens is 202 g/mol. The SMILES string of the molecule is NNC(c1cnn2ccncc12)C1CCC1. The summed E-state index contributed by atoms with van der Waals surface area (Å²) in [5.41, 5.74) is 5.11. The van der Waals surface area contributed by atoms with E-state index in [1.807, 2.05) is 23.1 Å². The van der Waals surface area contributed by atoms with Gasteiger partial charge in [-0.25, -0.2) is 4.52 Å². The van der Waals surface area contributed by atoms with Crippen molar-refractivity contribution >= 4 is 5.52 Å². The molecule has 0 saturated heterocycles. The van der Waals surface area contributed by atoms with Gasteiger partial charge >= 0.3 is 0 Å². The van der Waals surface area contributed by atoms with Crippen molar-refractivity contribution in [3.63, 3.8) is 0 Å². The normalized spacial score (nSPS) is 18.6. The second-order valence-corrected chi connectivity index (χ2v) is 4.34. The summed E-state index contributed by atoms with van der Waals surface area (Å²) in [5, 5.41) is 4.31. The van der Waals surface area contributed by atoms with Crippen LogP contribution in [0.3, 0.4) is 0 Å². The number of nitrogens with one attached hydrogen (secondary N) is 1. The molecule has 16 heavy (non-hydrogen) atoms. The Morgan fingerprint density at radius 3 is 3.00 bits per heavy atom. The molecule has 1 saturated carbocycles. The zero-order valence-electron chi connectivity index (χ0n) is 9.00. The predicted molar refractivity (Wildman–Crippen MR) is 60.4 cm³/mol. The number of hydrogen-bond donors (Lipinski definition) is 2. The van der Waals surface area contributed by atoms with E-state index in [1.165, 1.54) is 19.3 Å².